The predicted molar refractivity (Wildman–Crippen MR) is 118 cm³/mol. The van der Waals surface area contributed by atoms with Crippen LogP contribution < -0.4 is 10.3 Å². The van der Waals surface area contributed by atoms with Crippen LogP contribution in [0.2, 0.25) is 0 Å². The summed E-state index contributed by atoms with van der Waals surface area (Å²) in [6.07, 6.45) is 1.77. The van der Waals surface area contributed by atoms with Gasteiger partial charge in [-0.1, -0.05) is 53.7 Å². The summed E-state index contributed by atoms with van der Waals surface area (Å²) in [4.78, 5) is 6.71. The van der Waals surface area contributed by atoms with Crippen LogP contribution in [0.1, 0.15) is 30.5 Å². The molecule has 0 aliphatic heterocycles. The Kier molecular flexibility index (Phi) is 7.08. The summed E-state index contributed by atoms with van der Waals surface area (Å²) >= 11 is 1.59. The predicted octanol–water partition coefficient (Wildman–Crippen LogP) is 4.70. The molecule has 0 radical (unpaired) electrons. The van der Waals surface area contributed by atoms with E-state index in [0.717, 1.165) is 24.4 Å². The number of nitrogens with one attached hydrogen (secondary N) is 2. The lowest BCUT2D eigenvalue weighted by atomic mass is 10.2. The minimum atomic E-state index is 0.530. The molecule has 2 N–H and O–H groups in total. The van der Waals surface area contributed by atoms with Gasteiger partial charge < -0.3 is 4.90 Å². The van der Waals surface area contributed by atoms with Gasteiger partial charge in [0.05, 0.1) is 6.21 Å². The van der Waals surface area contributed by atoms with Crippen molar-refractivity contribution < 1.29 is 0 Å². The second-order valence-electron chi connectivity index (χ2n) is 6.37. The highest BCUT2D eigenvalue weighted by atomic mass is 32.2. The third-order valence-electron chi connectivity index (χ3n) is 4.36. The first kappa shape index (κ1) is 19.9. The molecular formula is C21H26N6S. The molecule has 0 aliphatic carbocycles. The molecule has 3 aromatic rings. The maximum Gasteiger partial charge on any atom is 0.240 e. The number of hydrogen-bond donors (Lipinski definition) is 2. The Hall–Kier alpha value is -2.80. The normalized spacial score (nSPS) is 11.1. The number of aromatic nitrogens is 3. The number of H-pyrrole nitrogens is 1. The smallest absolute Gasteiger partial charge is 0.240 e. The number of anilines is 2. The average molecular weight is 395 g/mol. The molecule has 0 saturated heterocycles. The van der Waals surface area contributed by atoms with Crippen LogP contribution >= 0.6 is 11.8 Å². The van der Waals surface area contributed by atoms with Crippen molar-refractivity contribution in [2.75, 3.05) is 23.4 Å². The van der Waals surface area contributed by atoms with E-state index in [4.69, 9.17) is 0 Å². The lowest BCUT2D eigenvalue weighted by Crippen LogP contribution is -2.21. The van der Waals surface area contributed by atoms with Crippen molar-refractivity contribution in [2.24, 2.45) is 5.10 Å². The van der Waals surface area contributed by atoms with Gasteiger partial charge in [-0.25, -0.2) is 10.5 Å². The van der Waals surface area contributed by atoms with Gasteiger partial charge in [0.15, 0.2) is 0 Å². The van der Waals surface area contributed by atoms with Crippen LogP contribution in [0.15, 0.2) is 58.8 Å². The fraction of sp³-hybridized carbons (Fsp3) is 0.286. The molecule has 146 valence electrons. The quantitative estimate of drug-likeness (QED) is 0.313. The van der Waals surface area contributed by atoms with Gasteiger partial charge in [0.2, 0.25) is 11.1 Å². The largest absolute Gasteiger partial charge is 0.372 e. The number of aromatic amines is 1. The molecule has 0 aliphatic rings. The van der Waals surface area contributed by atoms with Crippen LogP contribution in [0, 0.1) is 6.92 Å². The van der Waals surface area contributed by atoms with Crippen LogP contribution in [0.5, 0.6) is 0 Å². The van der Waals surface area contributed by atoms with Crippen molar-refractivity contribution in [2.45, 2.75) is 31.7 Å². The van der Waals surface area contributed by atoms with Gasteiger partial charge in [-0.2, -0.15) is 10.1 Å². The van der Waals surface area contributed by atoms with Crippen molar-refractivity contribution in [3.05, 3.63) is 65.2 Å². The number of hydrazone groups is 1. The van der Waals surface area contributed by atoms with Gasteiger partial charge in [0.25, 0.3) is 0 Å². The van der Waals surface area contributed by atoms with Crippen LogP contribution in [-0.2, 0) is 5.75 Å². The van der Waals surface area contributed by atoms with Crippen LogP contribution in [0.4, 0.5) is 11.6 Å². The summed E-state index contributed by atoms with van der Waals surface area (Å²) in [5.74, 6) is 1.36. The van der Waals surface area contributed by atoms with Gasteiger partial charge in [-0.3, -0.25) is 0 Å². The zero-order chi connectivity index (χ0) is 19.8. The summed E-state index contributed by atoms with van der Waals surface area (Å²) in [7, 11) is 0. The van der Waals surface area contributed by atoms with Crippen LogP contribution in [-0.4, -0.2) is 34.5 Å². The topological polar surface area (TPSA) is 69.2 Å². The first-order valence-electron chi connectivity index (χ1n) is 9.42. The molecule has 3 rings (SSSR count). The number of thioether (sulfide) groups is 1. The molecule has 0 fully saturated rings. The monoisotopic (exact) mass is 394 g/mol. The fourth-order valence-electron chi connectivity index (χ4n) is 2.72. The summed E-state index contributed by atoms with van der Waals surface area (Å²) in [5.41, 5.74) is 7.66. The Balaban J connectivity index is 1.50. The molecule has 0 bridgehead atoms. The average Bonchev–Trinajstić information content (AvgIpc) is 3.17. The Morgan fingerprint density at radius 2 is 1.79 bits per heavy atom. The van der Waals surface area contributed by atoms with Crippen LogP contribution in [0.3, 0.4) is 0 Å². The first-order chi connectivity index (χ1) is 13.7. The maximum absolute atomic E-state index is 4.40. The lowest BCUT2D eigenvalue weighted by molar-refractivity contribution is 0.866. The lowest BCUT2D eigenvalue weighted by Gasteiger charge is -2.20. The SMILES string of the molecule is CCN(CC)c1ccc(/C=N\Nc2nc(SCc3ccc(C)cc3)n[nH]2)cc1. The highest BCUT2D eigenvalue weighted by Crippen LogP contribution is 2.20. The first-order valence-corrected chi connectivity index (χ1v) is 10.4. The Labute approximate surface area is 170 Å². The third-order valence-corrected chi connectivity index (χ3v) is 5.28. The number of rotatable bonds is 9. The summed E-state index contributed by atoms with van der Waals surface area (Å²) < 4.78 is 0. The number of hydrogen-bond acceptors (Lipinski definition) is 6. The molecule has 7 heteroatoms. The zero-order valence-electron chi connectivity index (χ0n) is 16.5. The van der Waals surface area contributed by atoms with Gasteiger partial charge in [0, 0.05) is 24.5 Å². The summed E-state index contributed by atoms with van der Waals surface area (Å²) in [6, 6.07) is 16.8. The maximum atomic E-state index is 4.40. The summed E-state index contributed by atoms with van der Waals surface area (Å²) in [5, 5.41) is 12.0. The molecule has 28 heavy (non-hydrogen) atoms. The van der Waals surface area contributed by atoms with Gasteiger partial charge in [-0.05, 0) is 44.0 Å². The van der Waals surface area contributed by atoms with Gasteiger partial charge >= 0.3 is 0 Å². The fourth-order valence-corrected chi connectivity index (χ4v) is 3.48. The van der Waals surface area contributed by atoms with E-state index < -0.39 is 0 Å². The van der Waals surface area contributed by atoms with Gasteiger partial charge in [-0.15, -0.1) is 5.10 Å². The van der Waals surface area contributed by atoms with E-state index >= 15 is 0 Å². The molecule has 0 unspecified atom stereocenters. The minimum absolute atomic E-state index is 0.530. The number of benzene rings is 2. The highest BCUT2D eigenvalue weighted by molar-refractivity contribution is 7.98. The Morgan fingerprint density at radius 3 is 2.46 bits per heavy atom. The second-order valence-corrected chi connectivity index (χ2v) is 7.32. The molecule has 0 atom stereocenters. The third kappa shape index (κ3) is 5.60. The molecule has 0 amide bonds. The Morgan fingerprint density at radius 1 is 1.07 bits per heavy atom. The molecule has 0 saturated carbocycles. The van der Waals surface area contributed by atoms with Crippen molar-refractivity contribution in [3.8, 4) is 0 Å². The molecular weight excluding hydrogens is 368 g/mol. The van der Waals surface area contributed by atoms with E-state index in [-0.39, 0.29) is 0 Å². The summed E-state index contributed by atoms with van der Waals surface area (Å²) in [6.45, 7) is 8.41. The van der Waals surface area contributed by atoms with Crippen LogP contribution in [0.25, 0.3) is 0 Å². The molecule has 2 aromatic carbocycles. The molecule has 0 spiro atoms. The van der Waals surface area contributed by atoms with E-state index in [1.807, 2.05) is 0 Å². The van der Waals surface area contributed by atoms with E-state index in [0.29, 0.717) is 11.1 Å². The van der Waals surface area contributed by atoms with E-state index in [1.165, 1.54) is 16.8 Å². The Bertz CT molecular complexity index is 882. The van der Waals surface area contributed by atoms with E-state index in [9.17, 15) is 0 Å². The standard InChI is InChI=1S/C21H26N6S/c1-4-27(5-2)19-12-10-17(11-13-19)14-22-24-20-23-21(26-25-20)28-15-18-8-6-16(3)7-9-18/h6-14H,4-5,15H2,1-3H3,(H2,23,24,25,26)/b22-14-. The zero-order valence-corrected chi connectivity index (χ0v) is 17.3. The van der Waals surface area contributed by atoms with E-state index in [2.05, 4.69) is 99.9 Å². The minimum Gasteiger partial charge on any atom is -0.372 e. The highest BCUT2D eigenvalue weighted by Gasteiger charge is 2.04. The molecule has 1 aromatic heterocycles. The van der Waals surface area contributed by atoms with Gasteiger partial charge in [0.1, 0.15) is 0 Å². The molecule has 1 heterocycles. The van der Waals surface area contributed by atoms with E-state index in [1.54, 1.807) is 18.0 Å². The van der Waals surface area contributed by atoms with Crippen molar-refractivity contribution in [1.29, 1.82) is 0 Å². The van der Waals surface area contributed by atoms with Crippen molar-refractivity contribution in [3.63, 3.8) is 0 Å². The van der Waals surface area contributed by atoms with Crippen molar-refractivity contribution >= 4 is 29.6 Å². The number of aryl methyl sites for hydroxylation is 1. The molecule has 6 nitrogen and oxygen atoms in total. The number of nitrogens with zero attached hydrogens (tertiary/aromatic N) is 4. The van der Waals surface area contributed by atoms with Crippen molar-refractivity contribution in [1.82, 2.24) is 15.2 Å². The second kappa shape index (κ2) is 9.94.